The van der Waals surface area contributed by atoms with Crippen LogP contribution in [-0.4, -0.2) is 53.9 Å². The van der Waals surface area contributed by atoms with Gasteiger partial charge in [0.2, 0.25) is 0 Å². The quantitative estimate of drug-likeness (QED) is 0.0746. The number of thiophene rings is 1. The molecule has 0 bridgehead atoms. The normalized spacial score (nSPS) is 11.7. The zero-order valence-corrected chi connectivity index (χ0v) is 25.6. The van der Waals surface area contributed by atoms with Crippen LogP contribution in [0.15, 0.2) is 54.1 Å². The minimum atomic E-state index is -1.17. The fraction of sp³-hybridized carbons (Fsp3) is 0.0370. The molecular weight excluding hydrogens is 689 g/mol. The lowest BCUT2D eigenvalue weighted by Crippen LogP contribution is -2.34. The van der Waals surface area contributed by atoms with Crippen LogP contribution in [0.25, 0.3) is 15.1 Å². The van der Waals surface area contributed by atoms with E-state index in [0.717, 1.165) is 29.2 Å². The van der Waals surface area contributed by atoms with Crippen molar-refractivity contribution in [3.8, 4) is 0 Å². The van der Waals surface area contributed by atoms with E-state index in [0.29, 0.717) is 21.6 Å². The Hall–Kier alpha value is -5.15. The van der Waals surface area contributed by atoms with E-state index in [-0.39, 0.29) is 48.7 Å². The highest BCUT2D eigenvalue weighted by molar-refractivity contribution is 8.00. The van der Waals surface area contributed by atoms with Gasteiger partial charge in [0.1, 0.15) is 44.8 Å². The third kappa shape index (κ3) is 6.60. The molecule has 13 nitrogen and oxygen atoms in total. The molecule has 0 saturated carbocycles. The summed E-state index contributed by atoms with van der Waals surface area (Å²) >= 11 is 13.3. The minimum absolute atomic E-state index is 0.0307. The van der Waals surface area contributed by atoms with Crippen molar-refractivity contribution in [2.75, 3.05) is 21.3 Å². The van der Waals surface area contributed by atoms with Crippen LogP contribution in [0.1, 0.15) is 9.67 Å². The molecule has 0 aliphatic carbocycles. The largest absolute Gasteiger partial charge is 0.481 e. The van der Waals surface area contributed by atoms with Gasteiger partial charge in [-0.25, -0.2) is 48.1 Å². The number of urea groups is 1. The molecule has 19 heteroatoms. The van der Waals surface area contributed by atoms with Gasteiger partial charge in [0.05, 0.1) is 39.1 Å². The van der Waals surface area contributed by atoms with Gasteiger partial charge < -0.3 is 20.8 Å². The summed E-state index contributed by atoms with van der Waals surface area (Å²) in [6, 6.07) is 7.17. The average Bonchev–Trinajstić information content (AvgIpc) is 3.39. The number of anilines is 5. The number of carbonyl (C=O) groups excluding carboxylic acids is 1. The zero-order valence-electron chi connectivity index (χ0n) is 22.5. The van der Waals surface area contributed by atoms with Gasteiger partial charge in [0.15, 0.2) is 5.82 Å². The molecule has 0 unspecified atom stereocenters. The molecule has 0 atom stereocenters. The number of rotatable bonds is 7. The van der Waals surface area contributed by atoms with Crippen molar-refractivity contribution < 1.29 is 33.4 Å². The highest BCUT2D eigenvalue weighted by atomic mass is 35.5. The first-order valence-electron chi connectivity index (χ1n) is 12.3. The van der Waals surface area contributed by atoms with E-state index in [1.165, 1.54) is 47.9 Å². The number of thioether (sulfide) groups is 1. The highest BCUT2D eigenvalue weighted by Gasteiger charge is 2.34. The molecule has 46 heavy (non-hydrogen) atoms. The van der Waals surface area contributed by atoms with Crippen LogP contribution in [0, 0.1) is 18.2 Å². The molecule has 0 fully saturated rings. The summed E-state index contributed by atoms with van der Waals surface area (Å²) in [7, 11) is 0. The number of carboxylic acids is 2. The van der Waals surface area contributed by atoms with Gasteiger partial charge in [-0.15, -0.1) is 23.1 Å². The van der Waals surface area contributed by atoms with Gasteiger partial charge in [-0.2, -0.15) is 0 Å². The number of benzene rings is 2. The van der Waals surface area contributed by atoms with Crippen molar-refractivity contribution in [1.29, 1.82) is 0 Å². The zero-order chi connectivity index (χ0) is 33.1. The SMILES string of the molecule is O=C(O)c1sc2ncnc3c2c1NC(=O)N3c1ccc(F)c(Cl)c1.[C-]#[N+]c1c(Nc2ccc(F)c(Cl)c2)ncnc1SCC(=O)O. The molecule has 5 aromatic rings. The number of hydrogen-bond donors (Lipinski definition) is 4. The molecule has 2 aromatic carbocycles. The van der Waals surface area contributed by atoms with Crippen LogP contribution in [0.3, 0.4) is 0 Å². The summed E-state index contributed by atoms with van der Waals surface area (Å²) in [4.78, 5) is 55.4. The van der Waals surface area contributed by atoms with E-state index in [2.05, 4.69) is 35.4 Å². The molecule has 0 radical (unpaired) electrons. The number of nitrogens with one attached hydrogen (secondary N) is 2. The first-order chi connectivity index (χ1) is 22.0. The second-order valence-electron chi connectivity index (χ2n) is 8.78. The van der Waals surface area contributed by atoms with Crippen molar-refractivity contribution in [2.45, 2.75) is 5.03 Å². The molecule has 4 N–H and O–H groups in total. The summed E-state index contributed by atoms with van der Waals surface area (Å²) < 4.78 is 26.5. The lowest BCUT2D eigenvalue weighted by atomic mass is 10.2. The smallest absolute Gasteiger partial charge is 0.348 e. The molecule has 3 aromatic heterocycles. The second-order valence-corrected chi connectivity index (χ2v) is 11.6. The molecule has 0 saturated heterocycles. The molecule has 232 valence electrons. The number of aliphatic carboxylic acids is 1. The standard InChI is InChI=1S/C14H6ClFN4O3S.C13H8ClFN4O2S/c15-6-3-5(1-2-7(6)16)20-11-8-9(19-14(20)23)10(13(21)22)24-12(8)18-4-17-11;1-16-11-12(17-6-18-13(11)22-5-10(20)21)19-7-2-3-9(15)8(14)4-7/h1-4H,(H,19,23)(H,21,22);2-4,6H,5H2,(H,20,21)(H,17,18,19). The number of amides is 2. The maximum atomic E-state index is 13.4. The fourth-order valence-corrected chi connectivity index (χ4v) is 5.93. The van der Waals surface area contributed by atoms with E-state index >= 15 is 0 Å². The Bertz CT molecular complexity index is 2100. The molecular formula is C27H14Cl2F2N8O5S2. The van der Waals surface area contributed by atoms with Gasteiger partial charge in [-0.3, -0.25) is 4.79 Å². The molecule has 2 amide bonds. The van der Waals surface area contributed by atoms with Crippen LogP contribution in [0.2, 0.25) is 10.0 Å². The van der Waals surface area contributed by atoms with Crippen LogP contribution in [0.5, 0.6) is 0 Å². The van der Waals surface area contributed by atoms with E-state index in [9.17, 15) is 28.3 Å². The monoisotopic (exact) mass is 702 g/mol. The summed E-state index contributed by atoms with van der Waals surface area (Å²) in [6.07, 6.45) is 2.45. The predicted molar refractivity (Wildman–Crippen MR) is 168 cm³/mol. The molecule has 0 spiro atoms. The lowest BCUT2D eigenvalue weighted by molar-refractivity contribution is -0.133. The van der Waals surface area contributed by atoms with Crippen LogP contribution in [0.4, 0.5) is 48.0 Å². The maximum Gasteiger partial charge on any atom is 0.348 e. The Labute approximate surface area is 274 Å². The number of carboxylic acid groups (broad SMARTS) is 2. The van der Waals surface area contributed by atoms with Crippen LogP contribution in [-0.2, 0) is 4.79 Å². The summed E-state index contributed by atoms with van der Waals surface area (Å²) in [5, 5.41) is 23.8. The molecule has 1 aliphatic rings. The Morgan fingerprint density at radius 2 is 1.74 bits per heavy atom. The number of halogens is 4. The third-order valence-corrected chi connectivity index (χ3v) is 8.51. The minimum Gasteiger partial charge on any atom is -0.481 e. The summed E-state index contributed by atoms with van der Waals surface area (Å²) in [5.74, 6) is -3.17. The number of aromatic carboxylic acids is 1. The van der Waals surface area contributed by atoms with E-state index in [4.69, 9.17) is 34.9 Å². The van der Waals surface area contributed by atoms with Gasteiger partial charge >= 0.3 is 18.0 Å². The highest BCUT2D eigenvalue weighted by Crippen LogP contribution is 2.45. The van der Waals surface area contributed by atoms with Crippen molar-refractivity contribution in [1.82, 2.24) is 19.9 Å². The third-order valence-electron chi connectivity index (χ3n) is 5.89. The number of aromatic nitrogens is 4. The van der Waals surface area contributed by atoms with Crippen molar-refractivity contribution >= 4 is 109 Å². The fourth-order valence-electron chi connectivity index (χ4n) is 3.98. The van der Waals surface area contributed by atoms with Gasteiger partial charge in [0.25, 0.3) is 5.69 Å². The topological polar surface area (TPSA) is 175 Å². The first-order valence-corrected chi connectivity index (χ1v) is 14.9. The van der Waals surface area contributed by atoms with Crippen molar-refractivity contribution in [3.63, 3.8) is 0 Å². The molecule has 4 heterocycles. The van der Waals surface area contributed by atoms with E-state index in [1.54, 1.807) is 0 Å². The van der Waals surface area contributed by atoms with Gasteiger partial charge in [0, 0.05) is 5.69 Å². The van der Waals surface area contributed by atoms with Gasteiger partial charge in [-0.1, -0.05) is 23.2 Å². The van der Waals surface area contributed by atoms with Crippen molar-refractivity contribution in [2.24, 2.45) is 0 Å². The van der Waals surface area contributed by atoms with E-state index in [1.807, 2.05) is 0 Å². The van der Waals surface area contributed by atoms with Crippen molar-refractivity contribution in [3.05, 3.63) is 87.0 Å². The molecule has 6 rings (SSSR count). The van der Waals surface area contributed by atoms with Crippen LogP contribution < -0.4 is 15.5 Å². The Balaban J connectivity index is 0.000000182. The number of nitrogens with zero attached hydrogens (tertiary/aromatic N) is 6. The Morgan fingerprint density at radius 1 is 1.04 bits per heavy atom. The Kier molecular flexibility index (Phi) is 9.44. The number of carbonyl (C=O) groups is 3. The van der Waals surface area contributed by atoms with Crippen LogP contribution >= 0.6 is 46.3 Å². The predicted octanol–water partition coefficient (Wildman–Crippen LogP) is 7.61. The second kappa shape index (κ2) is 13.5. The van der Waals surface area contributed by atoms with E-state index < -0.39 is 29.6 Å². The Morgan fingerprint density at radius 3 is 2.39 bits per heavy atom. The van der Waals surface area contributed by atoms with Gasteiger partial charge in [-0.05, 0) is 36.4 Å². The summed E-state index contributed by atoms with van der Waals surface area (Å²) in [5.41, 5.74) is 0.999. The lowest BCUT2D eigenvalue weighted by Gasteiger charge is -2.27. The molecule has 1 aliphatic heterocycles. The summed E-state index contributed by atoms with van der Waals surface area (Å²) in [6.45, 7) is 7.21. The number of hydrogen-bond acceptors (Lipinski definition) is 10. The maximum absolute atomic E-state index is 13.4. The first kappa shape index (κ1) is 32.2. The average molecular weight is 703 g/mol.